The molecule has 1 aromatic carbocycles. The molecule has 5 nitrogen and oxygen atoms in total. The van der Waals surface area contributed by atoms with E-state index < -0.39 is 0 Å². The van der Waals surface area contributed by atoms with Crippen molar-refractivity contribution >= 4 is 17.7 Å². The minimum absolute atomic E-state index is 0.0172. The molecule has 0 aliphatic carbocycles. The summed E-state index contributed by atoms with van der Waals surface area (Å²) in [7, 11) is 0. The molecule has 0 aliphatic heterocycles. The number of benzene rings is 1. The van der Waals surface area contributed by atoms with Crippen LogP contribution in [0.15, 0.2) is 29.4 Å². The van der Waals surface area contributed by atoms with Crippen LogP contribution in [0.3, 0.4) is 0 Å². The van der Waals surface area contributed by atoms with Crippen LogP contribution in [-0.4, -0.2) is 32.9 Å². The summed E-state index contributed by atoms with van der Waals surface area (Å²) in [4.78, 5) is 16.3. The molecule has 0 radical (unpaired) electrons. The van der Waals surface area contributed by atoms with Crippen molar-refractivity contribution in [2.45, 2.75) is 37.6 Å². The first-order chi connectivity index (χ1) is 10.1. The molecule has 1 atom stereocenters. The van der Waals surface area contributed by atoms with Gasteiger partial charge < -0.3 is 5.32 Å². The lowest BCUT2D eigenvalue weighted by molar-refractivity contribution is -0.120. The number of carbonyl (C=O) groups is 1. The number of aryl methyl sites for hydroxylation is 1. The van der Waals surface area contributed by atoms with E-state index in [4.69, 9.17) is 0 Å². The number of rotatable bonds is 6. The number of hydrogen-bond acceptors (Lipinski definition) is 4. The zero-order valence-electron chi connectivity index (χ0n) is 12.5. The molecule has 112 valence electrons. The third-order valence-corrected chi connectivity index (χ3v) is 3.95. The number of carbonyl (C=O) groups excluding carboxylic acids is 1. The van der Waals surface area contributed by atoms with Gasteiger partial charge in [0, 0.05) is 12.1 Å². The van der Waals surface area contributed by atoms with Crippen molar-refractivity contribution in [2.24, 2.45) is 0 Å². The number of thioether (sulfide) groups is 1. The van der Waals surface area contributed by atoms with Gasteiger partial charge in [-0.1, -0.05) is 48.5 Å². The van der Waals surface area contributed by atoms with Crippen molar-refractivity contribution in [1.82, 2.24) is 20.5 Å². The summed E-state index contributed by atoms with van der Waals surface area (Å²) < 4.78 is 0. The molecular weight excluding hydrogens is 284 g/mol. The fourth-order valence-corrected chi connectivity index (χ4v) is 2.49. The van der Waals surface area contributed by atoms with Crippen LogP contribution in [0.5, 0.6) is 0 Å². The Morgan fingerprint density at radius 1 is 1.38 bits per heavy atom. The number of hydrogen-bond donors (Lipinski definition) is 2. The SMILES string of the molecule is CCCNC(=O)C(C)Sc1n[nH]c(-c2ccc(C)cc2)n1. The van der Waals surface area contributed by atoms with Gasteiger partial charge in [0.25, 0.3) is 0 Å². The fourth-order valence-electron chi connectivity index (χ4n) is 1.74. The van der Waals surface area contributed by atoms with Gasteiger partial charge in [-0.05, 0) is 20.3 Å². The highest BCUT2D eigenvalue weighted by atomic mass is 32.2. The summed E-state index contributed by atoms with van der Waals surface area (Å²) in [6.45, 7) is 6.63. The van der Waals surface area contributed by atoms with Crippen molar-refractivity contribution in [3.8, 4) is 11.4 Å². The lowest BCUT2D eigenvalue weighted by atomic mass is 10.1. The van der Waals surface area contributed by atoms with E-state index in [0.29, 0.717) is 11.7 Å². The topological polar surface area (TPSA) is 70.7 Å². The monoisotopic (exact) mass is 304 g/mol. The number of aromatic amines is 1. The van der Waals surface area contributed by atoms with Gasteiger partial charge in [0.2, 0.25) is 11.1 Å². The van der Waals surface area contributed by atoms with E-state index in [2.05, 4.69) is 20.5 Å². The minimum Gasteiger partial charge on any atom is -0.355 e. The van der Waals surface area contributed by atoms with Crippen molar-refractivity contribution in [3.05, 3.63) is 29.8 Å². The molecule has 1 amide bonds. The summed E-state index contributed by atoms with van der Waals surface area (Å²) in [6, 6.07) is 8.07. The van der Waals surface area contributed by atoms with Crippen LogP contribution in [-0.2, 0) is 4.79 Å². The smallest absolute Gasteiger partial charge is 0.233 e. The van der Waals surface area contributed by atoms with E-state index in [1.54, 1.807) is 0 Å². The summed E-state index contributed by atoms with van der Waals surface area (Å²) in [5.74, 6) is 0.738. The Balaban J connectivity index is 2.00. The quantitative estimate of drug-likeness (QED) is 0.805. The van der Waals surface area contributed by atoms with Gasteiger partial charge in [-0.2, -0.15) is 0 Å². The lowest BCUT2D eigenvalue weighted by Gasteiger charge is -2.08. The second-order valence-corrected chi connectivity index (χ2v) is 6.19. The number of H-pyrrole nitrogens is 1. The molecule has 0 spiro atoms. The second kappa shape index (κ2) is 7.26. The molecule has 2 aromatic rings. The van der Waals surface area contributed by atoms with E-state index in [9.17, 15) is 4.79 Å². The summed E-state index contributed by atoms with van der Waals surface area (Å²) >= 11 is 1.36. The summed E-state index contributed by atoms with van der Waals surface area (Å²) in [5, 5.41) is 10.3. The van der Waals surface area contributed by atoms with Gasteiger partial charge in [0.1, 0.15) is 0 Å². The van der Waals surface area contributed by atoms with E-state index >= 15 is 0 Å². The van der Waals surface area contributed by atoms with E-state index in [0.717, 1.165) is 17.8 Å². The molecule has 0 saturated heterocycles. The fraction of sp³-hybridized carbons (Fsp3) is 0.400. The Hall–Kier alpha value is -1.82. The third-order valence-electron chi connectivity index (χ3n) is 2.99. The first kappa shape index (κ1) is 15.6. The van der Waals surface area contributed by atoms with Crippen LogP contribution in [0.25, 0.3) is 11.4 Å². The van der Waals surface area contributed by atoms with Gasteiger partial charge >= 0.3 is 0 Å². The summed E-state index contributed by atoms with van der Waals surface area (Å²) in [5.41, 5.74) is 2.19. The maximum absolute atomic E-state index is 11.8. The number of aromatic nitrogens is 3. The second-order valence-electron chi connectivity index (χ2n) is 4.88. The molecule has 1 aromatic heterocycles. The molecule has 0 aliphatic rings. The van der Waals surface area contributed by atoms with Crippen molar-refractivity contribution in [1.29, 1.82) is 0 Å². The highest BCUT2D eigenvalue weighted by molar-refractivity contribution is 8.00. The predicted octanol–water partition coefficient (Wildman–Crippen LogP) is 2.79. The highest BCUT2D eigenvalue weighted by Gasteiger charge is 2.16. The molecule has 1 unspecified atom stereocenters. The van der Waals surface area contributed by atoms with Crippen molar-refractivity contribution in [2.75, 3.05) is 6.54 Å². The number of nitrogens with one attached hydrogen (secondary N) is 2. The Morgan fingerprint density at radius 2 is 2.10 bits per heavy atom. The molecule has 6 heteroatoms. The molecule has 0 fully saturated rings. The third kappa shape index (κ3) is 4.32. The van der Waals surface area contributed by atoms with E-state index in [-0.39, 0.29) is 11.2 Å². The van der Waals surface area contributed by atoms with Crippen LogP contribution >= 0.6 is 11.8 Å². The largest absolute Gasteiger partial charge is 0.355 e. The van der Waals surface area contributed by atoms with Crippen LogP contribution in [0, 0.1) is 6.92 Å². The Morgan fingerprint density at radius 3 is 2.76 bits per heavy atom. The molecule has 21 heavy (non-hydrogen) atoms. The van der Waals surface area contributed by atoms with Crippen LogP contribution in [0.1, 0.15) is 25.8 Å². The van der Waals surface area contributed by atoms with Crippen LogP contribution < -0.4 is 5.32 Å². The van der Waals surface area contributed by atoms with Crippen LogP contribution in [0.4, 0.5) is 0 Å². The first-order valence-electron chi connectivity index (χ1n) is 7.04. The average molecular weight is 304 g/mol. The first-order valence-corrected chi connectivity index (χ1v) is 7.92. The standard InChI is InChI=1S/C15H20N4OS/c1-4-9-16-14(20)11(3)21-15-17-13(18-19-15)12-7-5-10(2)6-8-12/h5-8,11H,4,9H2,1-3H3,(H,16,20)(H,17,18,19). The van der Waals surface area contributed by atoms with Gasteiger partial charge in [-0.25, -0.2) is 4.98 Å². The van der Waals surface area contributed by atoms with E-state index in [1.165, 1.54) is 17.3 Å². The van der Waals surface area contributed by atoms with E-state index in [1.807, 2.05) is 45.0 Å². The maximum Gasteiger partial charge on any atom is 0.233 e. The molecule has 2 rings (SSSR count). The number of amides is 1. The highest BCUT2D eigenvalue weighted by Crippen LogP contribution is 2.22. The summed E-state index contributed by atoms with van der Waals surface area (Å²) in [6.07, 6.45) is 0.932. The van der Waals surface area contributed by atoms with Gasteiger partial charge in [-0.3, -0.25) is 9.89 Å². The van der Waals surface area contributed by atoms with Gasteiger partial charge in [0.15, 0.2) is 5.82 Å². The predicted molar refractivity (Wildman–Crippen MR) is 85.2 cm³/mol. The number of nitrogens with zero attached hydrogens (tertiary/aromatic N) is 2. The zero-order chi connectivity index (χ0) is 15.2. The molecule has 0 saturated carbocycles. The zero-order valence-corrected chi connectivity index (χ0v) is 13.3. The normalized spacial score (nSPS) is 12.1. The molecular formula is C15H20N4OS. The molecule has 1 heterocycles. The lowest BCUT2D eigenvalue weighted by Crippen LogP contribution is -2.31. The average Bonchev–Trinajstić information content (AvgIpc) is 2.93. The Kier molecular flexibility index (Phi) is 5.38. The maximum atomic E-state index is 11.8. The van der Waals surface area contributed by atoms with Crippen molar-refractivity contribution in [3.63, 3.8) is 0 Å². The van der Waals surface area contributed by atoms with Crippen molar-refractivity contribution < 1.29 is 4.79 Å². The van der Waals surface area contributed by atoms with Gasteiger partial charge in [-0.15, -0.1) is 5.10 Å². The molecule has 2 N–H and O–H groups in total. The van der Waals surface area contributed by atoms with Crippen LogP contribution in [0.2, 0.25) is 0 Å². The minimum atomic E-state index is -0.210. The Labute approximate surface area is 128 Å². The molecule has 0 bridgehead atoms. The van der Waals surface area contributed by atoms with Gasteiger partial charge in [0.05, 0.1) is 5.25 Å². The Bertz CT molecular complexity index is 594.